The Kier molecular flexibility index (Phi) is 7.10. The summed E-state index contributed by atoms with van der Waals surface area (Å²) >= 11 is 0. The molecular formula is C25H23F2N3O3S. The molecule has 34 heavy (non-hydrogen) atoms. The van der Waals surface area contributed by atoms with Gasteiger partial charge >= 0.3 is 6.61 Å². The third-order valence-corrected chi connectivity index (χ3v) is 7.64. The van der Waals surface area contributed by atoms with Crippen LogP contribution in [0.15, 0.2) is 77.7 Å². The van der Waals surface area contributed by atoms with Crippen LogP contribution in [-0.2, 0) is 10.0 Å². The standard InChI is InChI=1S/C25H23F2N3O3S/c26-25(27)33-23-3-1-2-22(16-23)29-21-12-14-30(15-13-21)34(31,32)24-10-8-20(9-11-24)19-6-4-18(17-28)5-7-19/h1-11,16,21,25,29H,12-15H2. The molecule has 0 atom stereocenters. The molecule has 0 bridgehead atoms. The summed E-state index contributed by atoms with van der Waals surface area (Å²) in [4.78, 5) is 0.230. The molecule has 1 heterocycles. The van der Waals surface area contributed by atoms with Crippen molar-refractivity contribution in [3.63, 3.8) is 0 Å². The minimum atomic E-state index is -3.63. The van der Waals surface area contributed by atoms with E-state index in [4.69, 9.17) is 5.26 Å². The van der Waals surface area contributed by atoms with E-state index in [0.717, 1.165) is 11.1 Å². The number of benzene rings is 3. The monoisotopic (exact) mass is 483 g/mol. The lowest BCUT2D eigenvalue weighted by Crippen LogP contribution is -2.42. The van der Waals surface area contributed by atoms with Crippen LogP contribution in [0.3, 0.4) is 0 Å². The summed E-state index contributed by atoms with van der Waals surface area (Å²) in [5.74, 6) is 0.0736. The number of anilines is 1. The van der Waals surface area contributed by atoms with Gasteiger partial charge in [-0.1, -0.05) is 30.3 Å². The summed E-state index contributed by atoms with van der Waals surface area (Å²) in [6.07, 6.45) is 1.17. The van der Waals surface area contributed by atoms with Gasteiger partial charge in [0.15, 0.2) is 0 Å². The number of sulfonamides is 1. The first-order valence-corrected chi connectivity index (χ1v) is 12.2. The number of nitrogens with zero attached hydrogens (tertiary/aromatic N) is 2. The van der Waals surface area contributed by atoms with Crippen LogP contribution < -0.4 is 10.1 Å². The van der Waals surface area contributed by atoms with Crippen LogP contribution in [0, 0.1) is 11.3 Å². The second-order valence-corrected chi connectivity index (χ2v) is 9.88. The van der Waals surface area contributed by atoms with Gasteiger partial charge in [-0.25, -0.2) is 8.42 Å². The molecule has 9 heteroatoms. The molecule has 4 rings (SSSR count). The van der Waals surface area contributed by atoms with E-state index >= 15 is 0 Å². The molecule has 0 saturated carbocycles. The summed E-state index contributed by atoms with van der Waals surface area (Å²) in [6.45, 7) is -2.18. The molecule has 1 fully saturated rings. The third-order valence-electron chi connectivity index (χ3n) is 5.72. The summed E-state index contributed by atoms with van der Waals surface area (Å²) in [6, 6.07) is 22.3. The molecule has 1 N–H and O–H groups in total. The Morgan fingerprint density at radius 3 is 2.18 bits per heavy atom. The first kappa shape index (κ1) is 23.7. The lowest BCUT2D eigenvalue weighted by molar-refractivity contribution is -0.0498. The molecule has 0 spiro atoms. The van der Waals surface area contributed by atoms with E-state index < -0.39 is 16.6 Å². The van der Waals surface area contributed by atoms with Crippen molar-refractivity contribution in [3.05, 3.63) is 78.4 Å². The highest BCUT2D eigenvalue weighted by Gasteiger charge is 2.29. The highest BCUT2D eigenvalue weighted by Crippen LogP contribution is 2.27. The van der Waals surface area contributed by atoms with E-state index in [9.17, 15) is 17.2 Å². The highest BCUT2D eigenvalue weighted by atomic mass is 32.2. The largest absolute Gasteiger partial charge is 0.435 e. The molecule has 0 amide bonds. The SMILES string of the molecule is N#Cc1ccc(-c2ccc(S(=O)(=O)N3CCC(Nc4cccc(OC(F)F)c4)CC3)cc2)cc1. The predicted molar refractivity (Wildman–Crippen MR) is 125 cm³/mol. The third kappa shape index (κ3) is 5.53. The normalized spacial score (nSPS) is 15.1. The average Bonchev–Trinajstić information content (AvgIpc) is 2.84. The maximum absolute atomic E-state index is 13.1. The molecule has 1 saturated heterocycles. The zero-order valence-corrected chi connectivity index (χ0v) is 19.0. The van der Waals surface area contributed by atoms with Crippen LogP contribution in [0.1, 0.15) is 18.4 Å². The van der Waals surface area contributed by atoms with Crippen molar-refractivity contribution in [2.24, 2.45) is 0 Å². The zero-order valence-electron chi connectivity index (χ0n) is 18.2. The van der Waals surface area contributed by atoms with Crippen molar-refractivity contribution < 1.29 is 21.9 Å². The van der Waals surface area contributed by atoms with E-state index in [-0.39, 0.29) is 16.7 Å². The Bertz CT molecular complexity index is 1270. The van der Waals surface area contributed by atoms with Gasteiger partial charge in [0.2, 0.25) is 10.0 Å². The fourth-order valence-electron chi connectivity index (χ4n) is 3.94. The molecule has 0 aliphatic carbocycles. The van der Waals surface area contributed by atoms with Crippen molar-refractivity contribution >= 4 is 15.7 Å². The number of nitriles is 1. The van der Waals surface area contributed by atoms with E-state index in [1.54, 1.807) is 48.5 Å². The van der Waals surface area contributed by atoms with E-state index in [0.29, 0.717) is 37.2 Å². The van der Waals surface area contributed by atoms with Crippen molar-refractivity contribution in [3.8, 4) is 22.9 Å². The zero-order chi connectivity index (χ0) is 24.1. The summed E-state index contributed by atoms with van der Waals surface area (Å²) in [5, 5.41) is 12.2. The summed E-state index contributed by atoms with van der Waals surface area (Å²) in [7, 11) is -3.63. The van der Waals surface area contributed by atoms with Gasteiger partial charge in [-0.2, -0.15) is 18.3 Å². The van der Waals surface area contributed by atoms with Crippen molar-refractivity contribution in [2.45, 2.75) is 30.4 Å². The topological polar surface area (TPSA) is 82.4 Å². The Balaban J connectivity index is 1.37. The molecule has 0 aromatic heterocycles. The molecule has 176 valence electrons. The molecule has 3 aromatic carbocycles. The first-order chi connectivity index (χ1) is 16.3. The minimum Gasteiger partial charge on any atom is -0.435 e. The van der Waals surface area contributed by atoms with Gasteiger partial charge in [-0.05, 0) is 60.4 Å². The molecule has 1 aliphatic rings. The van der Waals surface area contributed by atoms with Crippen LogP contribution in [-0.4, -0.2) is 38.5 Å². The molecule has 3 aromatic rings. The molecule has 1 aliphatic heterocycles. The number of hydrogen-bond donors (Lipinski definition) is 1. The fraction of sp³-hybridized carbons (Fsp3) is 0.240. The Morgan fingerprint density at radius 1 is 0.971 bits per heavy atom. The number of hydrogen-bond acceptors (Lipinski definition) is 5. The number of nitrogens with one attached hydrogen (secondary N) is 1. The van der Waals surface area contributed by atoms with Crippen molar-refractivity contribution in [2.75, 3.05) is 18.4 Å². The average molecular weight is 484 g/mol. The van der Waals surface area contributed by atoms with Gasteiger partial charge in [-0.3, -0.25) is 0 Å². The second kappa shape index (κ2) is 10.2. The van der Waals surface area contributed by atoms with E-state index in [2.05, 4.69) is 16.1 Å². The van der Waals surface area contributed by atoms with Crippen LogP contribution >= 0.6 is 0 Å². The Hall–Kier alpha value is -3.48. The maximum atomic E-state index is 13.1. The van der Waals surface area contributed by atoms with Gasteiger partial charge in [0.05, 0.1) is 16.5 Å². The highest BCUT2D eigenvalue weighted by molar-refractivity contribution is 7.89. The predicted octanol–water partition coefficient (Wildman–Crippen LogP) is 5.09. The van der Waals surface area contributed by atoms with E-state index in [1.807, 2.05) is 12.1 Å². The van der Waals surface area contributed by atoms with Crippen LogP contribution in [0.25, 0.3) is 11.1 Å². The molecule has 0 radical (unpaired) electrons. The van der Waals surface area contributed by atoms with Crippen LogP contribution in [0.2, 0.25) is 0 Å². The van der Waals surface area contributed by atoms with Gasteiger partial charge in [0, 0.05) is 30.9 Å². The lowest BCUT2D eigenvalue weighted by Gasteiger charge is -2.32. The van der Waals surface area contributed by atoms with Crippen molar-refractivity contribution in [1.82, 2.24) is 4.31 Å². The number of piperidine rings is 1. The van der Waals surface area contributed by atoms with Crippen LogP contribution in [0.5, 0.6) is 5.75 Å². The minimum absolute atomic E-state index is 0.0204. The van der Waals surface area contributed by atoms with Gasteiger partial charge in [0.1, 0.15) is 5.75 Å². The molecular weight excluding hydrogens is 460 g/mol. The summed E-state index contributed by atoms with van der Waals surface area (Å²) < 4.78 is 57.0. The number of ether oxygens (including phenoxy) is 1. The van der Waals surface area contributed by atoms with E-state index in [1.165, 1.54) is 16.4 Å². The van der Waals surface area contributed by atoms with Gasteiger partial charge < -0.3 is 10.1 Å². The van der Waals surface area contributed by atoms with Gasteiger partial charge in [0.25, 0.3) is 0 Å². The number of alkyl halides is 2. The Labute approximate surface area is 197 Å². The smallest absolute Gasteiger partial charge is 0.387 e. The molecule has 6 nitrogen and oxygen atoms in total. The summed E-state index contributed by atoms with van der Waals surface area (Å²) in [5.41, 5.74) is 2.98. The molecule has 0 unspecified atom stereocenters. The lowest BCUT2D eigenvalue weighted by atomic mass is 10.0. The number of rotatable bonds is 7. The van der Waals surface area contributed by atoms with Gasteiger partial charge in [-0.15, -0.1) is 0 Å². The number of halogens is 2. The van der Waals surface area contributed by atoms with Crippen LogP contribution in [0.4, 0.5) is 14.5 Å². The second-order valence-electron chi connectivity index (χ2n) is 7.94. The first-order valence-electron chi connectivity index (χ1n) is 10.8. The maximum Gasteiger partial charge on any atom is 0.387 e. The quantitative estimate of drug-likeness (QED) is 0.506. The Morgan fingerprint density at radius 2 is 1.59 bits per heavy atom. The fourth-order valence-corrected chi connectivity index (χ4v) is 5.41. The van der Waals surface area contributed by atoms with Crippen molar-refractivity contribution in [1.29, 1.82) is 5.26 Å².